The van der Waals surface area contributed by atoms with E-state index in [1.165, 1.54) is 17.5 Å². The van der Waals surface area contributed by atoms with Crippen molar-refractivity contribution in [1.82, 2.24) is 29.6 Å². The van der Waals surface area contributed by atoms with E-state index in [1.807, 2.05) is 11.0 Å². The van der Waals surface area contributed by atoms with Crippen LogP contribution < -0.4 is 4.90 Å². The highest BCUT2D eigenvalue weighted by molar-refractivity contribution is 5.79. The smallest absolute Gasteiger partial charge is 0.226 e. The van der Waals surface area contributed by atoms with E-state index in [2.05, 4.69) is 49.2 Å². The van der Waals surface area contributed by atoms with Crippen LogP contribution in [-0.4, -0.2) is 55.2 Å². The van der Waals surface area contributed by atoms with Crippen molar-refractivity contribution in [1.29, 1.82) is 0 Å². The van der Waals surface area contributed by atoms with Crippen molar-refractivity contribution in [3.63, 3.8) is 0 Å². The fourth-order valence-corrected chi connectivity index (χ4v) is 4.26. The molecule has 5 rings (SSSR count). The fraction of sp³-hybridized carbons (Fsp3) is 0.381. The second-order valence-corrected chi connectivity index (χ2v) is 7.61. The highest BCUT2D eigenvalue weighted by Gasteiger charge is 2.30. The lowest BCUT2D eigenvalue weighted by Gasteiger charge is -2.36. The summed E-state index contributed by atoms with van der Waals surface area (Å²) in [5.41, 5.74) is 2.66. The minimum Gasteiger partial charge on any atom is -0.356 e. The maximum absolute atomic E-state index is 13.1. The minimum absolute atomic E-state index is 0.0909. The maximum atomic E-state index is 13.1. The topological polar surface area (TPSA) is 80.0 Å². The zero-order chi connectivity index (χ0) is 19.6. The lowest BCUT2D eigenvalue weighted by molar-refractivity contribution is -0.137. The summed E-state index contributed by atoms with van der Waals surface area (Å²) >= 11 is 0. The van der Waals surface area contributed by atoms with Crippen molar-refractivity contribution < 1.29 is 4.79 Å². The Morgan fingerprint density at radius 1 is 0.966 bits per heavy atom. The first kappa shape index (κ1) is 17.8. The molecule has 3 aromatic rings. The summed E-state index contributed by atoms with van der Waals surface area (Å²) in [7, 11) is 0. The van der Waals surface area contributed by atoms with E-state index in [0.717, 1.165) is 51.3 Å². The Morgan fingerprint density at radius 3 is 2.55 bits per heavy atom. The Kier molecular flexibility index (Phi) is 4.67. The lowest BCUT2D eigenvalue weighted by Crippen LogP contribution is -2.44. The molecule has 0 saturated carbocycles. The monoisotopic (exact) mass is 389 g/mol. The molecular weight excluding hydrogens is 366 g/mol. The van der Waals surface area contributed by atoms with Crippen LogP contribution in [0.5, 0.6) is 0 Å². The average Bonchev–Trinajstić information content (AvgIpc) is 3.34. The van der Waals surface area contributed by atoms with Gasteiger partial charge >= 0.3 is 0 Å². The Hall–Kier alpha value is -3.29. The van der Waals surface area contributed by atoms with Gasteiger partial charge in [-0.25, -0.2) is 19.6 Å². The molecule has 29 heavy (non-hydrogen) atoms. The summed E-state index contributed by atoms with van der Waals surface area (Å²) in [5.74, 6) is 1.94. The van der Waals surface area contributed by atoms with Gasteiger partial charge in [0.25, 0.3) is 0 Å². The number of rotatable bonds is 3. The number of carbonyl (C=O) groups is 1. The molecule has 0 bridgehead atoms. The third-order valence-corrected chi connectivity index (χ3v) is 5.90. The molecule has 148 valence electrons. The van der Waals surface area contributed by atoms with Crippen molar-refractivity contribution in [2.24, 2.45) is 5.92 Å². The van der Waals surface area contributed by atoms with Crippen molar-refractivity contribution >= 4 is 11.7 Å². The van der Waals surface area contributed by atoms with Crippen LogP contribution in [0.25, 0.3) is 5.82 Å². The molecule has 0 spiro atoms. The molecule has 4 heterocycles. The number of fused-ring (bicyclic) bond motifs is 1. The van der Waals surface area contributed by atoms with Crippen LogP contribution in [0.15, 0.2) is 49.3 Å². The Morgan fingerprint density at radius 2 is 1.76 bits per heavy atom. The summed E-state index contributed by atoms with van der Waals surface area (Å²) in [6.45, 7) is 3.19. The molecule has 2 aromatic heterocycles. The van der Waals surface area contributed by atoms with Gasteiger partial charge in [-0.1, -0.05) is 24.3 Å². The highest BCUT2D eigenvalue weighted by atomic mass is 16.2. The number of hydrogen-bond acceptors (Lipinski definition) is 6. The Bertz CT molecular complexity index is 996. The van der Waals surface area contributed by atoms with Crippen LogP contribution in [0, 0.1) is 5.92 Å². The van der Waals surface area contributed by atoms with Gasteiger partial charge in [0.15, 0.2) is 5.82 Å². The SMILES string of the molecule is O=C(C1CCN(c2cc(-n3cncn3)ncn2)CC1)N1CCc2ccccc2C1. The van der Waals surface area contributed by atoms with Gasteiger partial charge in [-0.2, -0.15) is 5.10 Å². The molecule has 0 atom stereocenters. The maximum Gasteiger partial charge on any atom is 0.226 e. The number of anilines is 1. The van der Waals surface area contributed by atoms with E-state index in [0.29, 0.717) is 11.7 Å². The first-order valence-electron chi connectivity index (χ1n) is 10.1. The molecule has 0 unspecified atom stereocenters. The van der Waals surface area contributed by atoms with E-state index >= 15 is 0 Å². The predicted octanol–water partition coefficient (Wildman–Crippen LogP) is 1.86. The number of aromatic nitrogens is 5. The molecule has 0 aliphatic carbocycles. The second kappa shape index (κ2) is 7.62. The standard InChI is InChI=1S/C21H23N7O/c29-21(27-10-5-16-3-1-2-4-18(16)12-27)17-6-8-26(9-7-17)19-11-20(24-14-23-19)28-15-22-13-25-28/h1-4,11,13-15,17H,5-10,12H2. The van der Waals surface area contributed by atoms with Crippen LogP contribution >= 0.6 is 0 Å². The third kappa shape index (κ3) is 3.57. The van der Waals surface area contributed by atoms with Crippen LogP contribution in [0.2, 0.25) is 0 Å². The minimum atomic E-state index is 0.0909. The molecular formula is C21H23N7O. The van der Waals surface area contributed by atoms with Gasteiger partial charge in [-0.15, -0.1) is 0 Å². The van der Waals surface area contributed by atoms with Crippen molar-refractivity contribution in [2.75, 3.05) is 24.5 Å². The van der Waals surface area contributed by atoms with Gasteiger partial charge in [0, 0.05) is 38.2 Å². The number of amides is 1. The predicted molar refractivity (Wildman–Crippen MR) is 107 cm³/mol. The van der Waals surface area contributed by atoms with Gasteiger partial charge in [0.2, 0.25) is 5.91 Å². The molecule has 0 radical (unpaired) electrons. The molecule has 2 aliphatic rings. The molecule has 1 amide bonds. The number of nitrogens with zero attached hydrogens (tertiary/aromatic N) is 7. The lowest BCUT2D eigenvalue weighted by atomic mass is 9.93. The summed E-state index contributed by atoms with van der Waals surface area (Å²) in [6.07, 6.45) is 7.30. The third-order valence-electron chi connectivity index (χ3n) is 5.90. The van der Waals surface area contributed by atoms with E-state index in [1.54, 1.807) is 17.3 Å². The van der Waals surface area contributed by atoms with Gasteiger partial charge in [-0.3, -0.25) is 4.79 Å². The quantitative estimate of drug-likeness (QED) is 0.680. The average molecular weight is 389 g/mol. The second-order valence-electron chi connectivity index (χ2n) is 7.61. The normalized spacial score (nSPS) is 17.2. The van der Waals surface area contributed by atoms with Crippen LogP contribution in [0.4, 0.5) is 5.82 Å². The molecule has 0 N–H and O–H groups in total. The summed E-state index contributed by atoms with van der Waals surface area (Å²) in [6, 6.07) is 10.4. The zero-order valence-electron chi connectivity index (χ0n) is 16.2. The molecule has 1 fully saturated rings. The van der Waals surface area contributed by atoms with E-state index in [9.17, 15) is 4.79 Å². The van der Waals surface area contributed by atoms with E-state index in [4.69, 9.17) is 0 Å². The van der Waals surface area contributed by atoms with Crippen LogP contribution in [0.1, 0.15) is 24.0 Å². The molecule has 1 saturated heterocycles. The van der Waals surface area contributed by atoms with Gasteiger partial charge in [0.1, 0.15) is 24.8 Å². The number of benzene rings is 1. The first-order valence-corrected chi connectivity index (χ1v) is 10.1. The first-order chi connectivity index (χ1) is 14.3. The van der Waals surface area contributed by atoms with Gasteiger partial charge in [0.05, 0.1) is 0 Å². The molecule has 1 aromatic carbocycles. The summed E-state index contributed by atoms with van der Waals surface area (Å²) in [5, 5.41) is 4.12. The van der Waals surface area contributed by atoms with Crippen LogP contribution in [-0.2, 0) is 17.8 Å². The molecule has 8 heteroatoms. The van der Waals surface area contributed by atoms with Crippen molar-refractivity contribution in [2.45, 2.75) is 25.8 Å². The van der Waals surface area contributed by atoms with Gasteiger partial charge < -0.3 is 9.80 Å². The fourth-order valence-electron chi connectivity index (χ4n) is 4.26. The number of carbonyl (C=O) groups excluding carboxylic acids is 1. The Balaban J connectivity index is 1.22. The van der Waals surface area contributed by atoms with Gasteiger partial charge in [-0.05, 0) is 30.4 Å². The number of piperidine rings is 1. The zero-order valence-corrected chi connectivity index (χ0v) is 16.2. The highest BCUT2D eigenvalue weighted by Crippen LogP contribution is 2.26. The molecule has 8 nitrogen and oxygen atoms in total. The molecule has 2 aliphatic heterocycles. The Labute approximate surface area is 169 Å². The van der Waals surface area contributed by atoms with E-state index in [-0.39, 0.29) is 5.92 Å². The largest absolute Gasteiger partial charge is 0.356 e. The van der Waals surface area contributed by atoms with Crippen molar-refractivity contribution in [3.05, 3.63) is 60.4 Å². The van der Waals surface area contributed by atoms with Crippen LogP contribution in [0.3, 0.4) is 0 Å². The number of hydrogen-bond donors (Lipinski definition) is 0. The summed E-state index contributed by atoms with van der Waals surface area (Å²) < 4.78 is 1.62. The summed E-state index contributed by atoms with van der Waals surface area (Å²) in [4.78, 5) is 30.0. The van der Waals surface area contributed by atoms with Crippen molar-refractivity contribution in [3.8, 4) is 5.82 Å². The van der Waals surface area contributed by atoms with E-state index < -0.39 is 0 Å².